The summed E-state index contributed by atoms with van der Waals surface area (Å²) in [6.07, 6.45) is 6.08. The Morgan fingerprint density at radius 2 is 1.79 bits per heavy atom. The van der Waals surface area contributed by atoms with Crippen molar-refractivity contribution in [2.75, 3.05) is 29.9 Å². The van der Waals surface area contributed by atoms with Crippen LogP contribution in [0.25, 0.3) is 16.7 Å². The Bertz CT molecular complexity index is 1590. The first kappa shape index (κ1) is 26.3. The second-order valence-electron chi connectivity index (χ2n) is 11.4. The van der Waals surface area contributed by atoms with Gasteiger partial charge in [0.05, 0.1) is 28.2 Å². The number of nitrogens with one attached hydrogen (secondary N) is 1. The Labute approximate surface area is 225 Å². The largest absolute Gasteiger partial charge is 0.444 e. The number of benzene rings is 1. The fourth-order valence-corrected chi connectivity index (χ4v) is 4.94. The summed E-state index contributed by atoms with van der Waals surface area (Å²) in [5, 5.41) is 2.77. The summed E-state index contributed by atoms with van der Waals surface area (Å²) in [5.41, 5.74) is 2.19. The van der Waals surface area contributed by atoms with Crippen LogP contribution in [0.1, 0.15) is 50.7 Å². The molecule has 1 N–H and O–H groups in total. The summed E-state index contributed by atoms with van der Waals surface area (Å²) in [4.78, 5) is 43.2. The molecule has 0 spiro atoms. The minimum absolute atomic E-state index is 0.195. The zero-order valence-corrected chi connectivity index (χ0v) is 22.9. The van der Waals surface area contributed by atoms with E-state index in [2.05, 4.69) is 25.2 Å². The summed E-state index contributed by atoms with van der Waals surface area (Å²) in [5.74, 6) is -0.966. The molecule has 2 amide bonds. The van der Waals surface area contributed by atoms with Crippen molar-refractivity contribution in [2.24, 2.45) is 0 Å². The molecule has 1 fully saturated rings. The van der Waals surface area contributed by atoms with Gasteiger partial charge in [-0.05, 0) is 53.7 Å². The van der Waals surface area contributed by atoms with Crippen molar-refractivity contribution in [3.63, 3.8) is 0 Å². The van der Waals surface area contributed by atoms with Gasteiger partial charge in [-0.1, -0.05) is 0 Å². The maximum atomic E-state index is 14.6. The first-order valence-corrected chi connectivity index (χ1v) is 12.8. The molecular weight excluding hydrogens is 501 g/mol. The van der Waals surface area contributed by atoms with Crippen LogP contribution in [-0.4, -0.2) is 67.0 Å². The van der Waals surface area contributed by atoms with Crippen LogP contribution >= 0.6 is 0 Å². The van der Waals surface area contributed by atoms with Gasteiger partial charge in [0.1, 0.15) is 16.6 Å². The van der Waals surface area contributed by atoms with Crippen molar-refractivity contribution in [3.8, 4) is 0 Å². The maximum absolute atomic E-state index is 14.6. The predicted octanol–water partition coefficient (Wildman–Crippen LogP) is 4.81. The van der Waals surface area contributed by atoms with Crippen molar-refractivity contribution in [1.82, 2.24) is 24.3 Å². The number of pyridine rings is 1. The lowest BCUT2D eigenvalue weighted by Gasteiger charge is -2.47. The molecule has 1 aromatic carbocycles. The summed E-state index contributed by atoms with van der Waals surface area (Å²) < 4.78 is 21.7. The molecule has 11 heteroatoms. The fraction of sp³-hybridized carbons (Fsp3) is 0.393. The molecule has 0 radical (unpaired) electrons. The first-order valence-electron chi connectivity index (χ1n) is 12.8. The van der Waals surface area contributed by atoms with Gasteiger partial charge in [-0.3, -0.25) is 19.7 Å². The van der Waals surface area contributed by atoms with E-state index in [-0.39, 0.29) is 11.7 Å². The van der Waals surface area contributed by atoms with Gasteiger partial charge in [0.15, 0.2) is 11.5 Å². The highest BCUT2D eigenvalue weighted by molar-refractivity contribution is 6.13. The number of aryl methyl sites for hydroxylation is 1. The van der Waals surface area contributed by atoms with Crippen LogP contribution in [0.2, 0.25) is 0 Å². The SMILES string of the molecule is Cc1cn2cc(NC(=O)c3ccc(N4CCN(C(=O)OC(C)(C)C)C(C)(C)C4)c4nccnc34)cc(F)c2n1. The van der Waals surface area contributed by atoms with Crippen LogP contribution in [0.15, 0.2) is 43.0 Å². The third-order valence-electron chi connectivity index (χ3n) is 6.59. The van der Waals surface area contributed by atoms with Crippen LogP contribution < -0.4 is 10.2 Å². The van der Waals surface area contributed by atoms with Crippen LogP contribution in [0.5, 0.6) is 0 Å². The predicted molar refractivity (Wildman–Crippen MR) is 147 cm³/mol. The van der Waals surface area contributed by atoms with Crippen molar-refractivity contribution in [2.45, 2.75) is 52.7 Å². The van der Waals surface area contributed by atoms with E-state index in [1.807, 2.05) is 40.7 Å². The van der Waals surface area contributed by atoms with Gasteiger partial charge in [-0.2, -0.15) is 0 Å². The van der Waals surface area contributed by atoms with E-state index < -0.39 is 22.9 Å². The fourth-order valence-electron chi connectivity index (χ4n) is 4.94. The van der Waals surface area contributed by atoms with Crippen LogP contribution in [0.4, 0.5) is 20.6 Å². The Morgan fingerprint density at radius 1 is 1.08 bits per heavy atom. The number of carbonyl (C=O) groups is 2. The third kappa shape index (κ3) is 5.21. The lowest BCUT2D eigenvalue weighted by molar-refractivity contribution is 0.000385. The third-order valence-corrected chi connectivity index (χ3v) is 6.59. The van der Waals surface area contributed by atoms with Crippen molar-refractivity contribution in [3.05, 3.63) is 60.1 Å². The average molecular weight is 534 g/mol. The van der Waals surface area contributed by atoms with Gasteiger partial charge in [-0.15, -0.1) is 0 Å². The molecule has 4 heterocycles. The Hall–Kier alpha value is -4.28. The van der Waals surface area contributed by atoms with E-state index in [0.29, 0.717) is 47.6 Å². The van der Waals surface area contributed by atoms with Gasteiger partial charge in [0, 0.05) is 50.5 Å². The van der Waals surface area contributed by atoms with E-state index in [9.17, 15) is 14.0 Å². The zero-order chi connectivity index (χ0) is 28.1. The monoisotopic (exact) mass is 533 g/mol. The molecule has 0 saturated carbocycles. The summed E-state index contributed by atoms with van der Waals surface area (Å²) in [7, 11) is 0. The molecule has 0 bridgehead atoms. The Kier molecular flexibility index (Phi) is 6.40. The summed E-state index contributed by atoms with van der Waals surface area (Å²) in [6.45, 7) is 12.9. The van der Waals surface area contributed by atoms with E-state index in [1.54, 1.807) is 40.9 Å². The average Bonchev–Trinajstić information content (AvgIpc) is 3.22. The highest BCUT2D eigenvalue weighted by Gasteiger charge is 2.39. The van der Waals surface area contributed by atoms with Crippen molar-refractivity contribution >= 4 is 40.1 Å². The molecule has 4 aromatic rings. The molecule has 39 heavy (non-hydrogen) atoms. The summed E-state index contributed by atoms with van der Waals surface area (Å²) in [6, 6.07) is 4.79. The molecule has 0 atom stereocenters. The molecule has 204 valence electrons. The minimum Gasteiger partial charge on any atom is -0.444 e. The second kappa shape index (κ2) is 9.48. The number of fused-ring (bicyclic) bond motifs is 2. The first-order chi connectivity index (χ1) is 18.3. The zero-order valence-electron chi connectivity index (χ0n) is 22.9. The number of anilines is 2. The number of rotatable bonds is 3. The van der Waals surface area contributed by atoms with E-state index in [0.717, 1.165) is 5.69 Å². The maximum Gasteiger partial charge on any atom is 0.410 e. The highest BCUT2D eigenvalue weighted by atomic mass is 19.1. The molecule has 10 nitrogen and oxygen atoms in total. The van der Waals surface area contributed by atoms with E-state index in [1.165, 1.54) is 12.3 Å². The number of aromatic nitrogens is 4. The molecule has 0 aliphatic carbocycles. The smallest absolute Gasteiger partial charge is 0.410 e. The van der Waals surface area contributed by atoms with Gasteiger partial charge < -0.3 is 19.4 Å². The lowest BCUT2D eigenvalue weighted by Crippen LogP contribution is -2.61. The molecule has 1 saturated heterocycles. The second-order valence-corrected chi connectivity index (χ2v) is 11.4. The quantitative estimate of drug-likeness (QED) is 0.403. The number of amides is 2. The molecule has 1 aliphatic heterocycles. The number of imidazole rings is 1. The molecule has 3 aromatic heterocycles. The van der Waals surface area contributed by atoms with Gasteiger partial charge in [0.2, 0.25) is 0 Å². The van der Waals surface area contributed by atoms with Crippen LogP contribution in [-0.2, 0) is 4.74 Å². The number of halogens is 1. The van der Waals surface area contributed by atoms with Gasteiger partial charge in [0.25, 0.3) is 5.91 Å². The number of hydrogen-bond donors (Lipinski definition) is 1. The standard InChI is InChI=1S/C28H32FN7O3/c1-17-14-35-15-18(13-20(29)24(35)32-17)33-25(37)19-7-8-21(23-22(19)30-9-10-31-23)34-11-12-36(28(5,6)16-34)26(38)39-27(2,3)4/h7-10,13-15H,11-12,16H2,1-6H3,(H,33,37). The molecular formula is C28H32FN7O3. The van der Waals surface area contributed by atoms with Gasteiger partial charge in [-0.25, -0.2) is 14.2 Å². The molecule has 1 aliphatic rings. The van der Waals surface area contributed by atoms with Crippen molar-refractivity contribution < 1.29 is 18.7 Å². The van der Waals surface area contributed by atoms with Gasteiger partial charge >= 0.3 is 6.09 Å². The van der Waals surface area contributed by atoms with Crippen molar-refractivity contribution in [1.29, 1.82) is 0 Å². The van der Waals surface area contributed by atoms with Crippen LogP contribution in [0.3, 0.4) is 0 Å². The Balaban J connectivity index is 1.42. The van der Waals surface area contributed by atoms with E-state index in [4.69, 9.17) is 4.74 Å². The number of piperazine rings is 1. The topological polar surface area (TPSA) is 105 Å². The normalized spacial score (nSPS) is 15.6. The highest BCUT2D eigenvalue weighted by Crippen LogP contribution is 2.32. The number of carbonyl (C=O) groups excluding carboxylic acids is 2. The summed E-state index contributed by atoms with van der Waals surface area (Å²) >= 11 is 0. The van der Waals surface area contributed by atoms with E-state index >= 15 is 0 Å². The molecule has 5 rings (SSSR count). The molecule has 0 unspecified atom stereocenters. The Morgan fingerprint density at radius 3 is 2.49 bits per heavy atom. The lowest BCUT2D eigenvalue weighted by atomic mass is 9.98. The minimum atomic E-state index is -0.582. The number of ether oxygens (including phenoxy) is 1. The number of hydrogen-bond acceptors (Lipinski definition) is 7. The number of nitrogens with zero attached hydrogens (tertiary/aromatic N) is 6. The van der Waals surface area contributed by atoms with Crippen LogP contribution in [0, 0.1) is 12.7 Å².